The van der Waals surface area contributed by atoms with Crippen molar-refractivity contribution in [3.05, 3.63) is 35.4 Å². The first-order valence-electron chi connectivity index (χ1n) is 5.60. The Morgan fingerprint density at radius 2 is 1.67 bits per heavy atom. The zero-order valence-corrected chi connectivity index (χ0v) is 9.40. The zero-order valence-electron chi connectivity index (χ0n) is 9.40. The summed E-state index contributed by atoms with van der Waals surface area (Å²) >= 11 is 0. The van der Waals surface area contributed by atoms with Crippen molar-refractivity contribution < 1.29 is 9.47 Å². The minimum absolute atomic E-state index is 0.153. The van der Waals surface area contributed by atoms with Crippen LogP contribution in [0.4, 0.5) is 0 Å². The summed E-state index contributed by atoms with van der Waals surface area (Å²) in [6.07, 6.45) is 0.848. The summed E-state index contributed by atoms with van der Waals surface area (Å²) in [4.78, 5) is 0. The van der Waals surface area contributed by atoms with Crippen LogP contribution in [0.3, 0.4) is 0 Å². The Hall–Kier alpha value is -0.860. The molecular formula is C13H18O2. The minimum atomic E-state index is -0.153. The minimum Gasteiger partial charge on any atom is -0.348 e. The monoisotopic (exact) mass is 206 g/mol. The molecule has 0 bridgehead atoms. The maximum atomic E-state index is 5.54. The molecule has 0 radical (unpaired) electrons. The molecule has 0 amide bonds. The molecule has 1 aromatic rings. The van der Waals surface area contributed by atoms with Gasteiger partial charge in [-0.25, -0.2) is 0 Å². The Balaban J connectivity index is 2.08. The van der Waals surface area contributed by atoms with Crippen molar-refractivity contribution >= 4 is 0 Å². The van der Waals surface area contributed by atoms with Crippen LogP contribution < -0.4 is 0 Å². The van der Waals surface area contributed by atoms with E-state index in [0.29, 0.717) is 5.92 Å². The third-order valence-corrected chi connectivity index (χ3v) is 2.70. The first-order chi connectivity index (χ1) is 7.27. The summed E-state index contributed by atoms with van der Waals surface area (Å²) in [6, 6.07) is 8.51. The lowest BCUT2D eigenvalue weighted by atomic mass is 10.0. The van der Waals surface area contributed by atoms with Crippen LogP contribution in [0, 0.1) is 0 Å². The van der Waals surface area contributed by atoms with Crippen LogP contribution in [-0.4, -0.2) is 13.2 Å². The SMILES string of the molecule is CC(C)c1ccc(C2OCCCO2)cc1. The van der Waals surface area contributed by atoms with Crippen molar-refractivity contribution in [2.75, 3.05) is 13.2 Å². The molecule has 2 heteroatoms. The maximum absolute atomic E-state index is 5.54. The van der Waals surface area contributed by atoms with Gasteiger partial charge in [0.2, 0.25) is 0 Å². The van der Waals surface area contributed by atoms with E-state index in [1.165, 1.54) is 5.56 Å². The number of hydrogen-bond acceptors (Lipinski definition) is 2. The van der Waals surface area contributed by atoms with E-state index in [1.807, 2.05) is 0 Å². The first kappa shape index (κ1) is 10.7. The van der Waals surface area contributed by atoms with Crippen molar-refractivity contribution in [2.45, 2.75) is 32.5 Å². The van der Waals surface area contributed by atoms with Gasteiger partial charge in [0.1, 0.15) is 0 Å². The van der Waals surface area contributed by atoms with E-state index in [0.717, 1.165) is 25.2 Å². The van der Waals surface area contributed by atoms with Crippen molar-refractivity contribution in [3.63, 3.8) is 0 Å². The fourth-order valence-electron chi connectivity index (χ4n) is 1.72. The van der Waals surface area contributed by atoms with E-state index in [1.54, 1.807) is 0 Å². The van der Waals surface area contributed by atoms with Gasteiger partial charge in [-0.05, 0) is 17.9 Å². The molecule has 15 heavy (non-hydrogen) atoms. The third kappa shape index (κ3) is 2.58. The van der Waals surface area contributed by atoms with Crippen molar-refractivity contribution in [1.82, 2.24) is 0 Å². The molecule has 0 aliphatic carbocycles. The molecule has 2 rings (SSSR count). The van der Waals surface area contributed by atoms with E-state index in [9.17, 15) is 0 Å². The Labute approximate surface area is 91.2 Å². The van der Waals surface area contributed by atoms with Crippen molar-refractivity contribution in [3.8, 4) is 0 Å². The standard InChI is InChI=1S/C13H18O2/c1-10(2)11-4-6-12(7-5-11)13-14-8-3-9-15-13/h4-7,10,13H,3,8-9H2,1-2H3. The van der Waals surface area contributed by atoms with Gasteiger partial charge >= 0.3 is 0 Å². The fourth-order valence-corrected chi connectivity index (χ4v) is 1.72. The number of benzene rings is 1. The predicted octanol–water partition coefficient (Wildman–Crippen LogP) is 3.25. The Morgan fingerprint density at radius 1 is 1.07 bits per heavy atom. The quantitative estimate of drug-likeness (QED) is 0.739. The molecular weight excluding hydrogens is 188 g/mol. The van der Waals surface area contributed by atoms with Crippen LogP contribution in [0.1, 0.15) is 43.6 Å². The van der Waals surface area contributed by atoms with Gasteiger partial charge in [0, 0.05) is 5.56 Å². The molecule has 1 aromatic carbocycles. The van der Waals surface area contributed by atoms with Crippen LogP contribution in [0.5, 0.6) is 0 Å². The molecule has 82 valence electrons. The molecule has 2 nitrogen and oxygen atoms in total. The number of ether oxygens (including phenoxy) is 2. The van der Waals surface area contributed by atoms with Gasteiger partial charge in [0.25, 0.3) is 0 Å². The average molecular weight is 206 g/mol. The highest BCUT2D eigenvalue weighted by Crippen LogP contribution is 2.24. The molecule has 1 saturated heterocycles. The molecule has 1 fully saturated rings. The van der Waals surface area contributed by atoms with Crippen LogP contribution in [-0.2, 0) is 9.47 Å². The summed E-state index contributed by atoms with van der Waals surface area (Å²) in [5.41, 5.74) is 2.48. The second kappa shape index (κ2) is 4.77. The summed E-state index contributed by atoms with van der Waals surface area (Å²) < 4.78 is 11.1. The summed E-state index contributed by atoms with van der Waals surface area (Å²) in [6.45, 7) is 6.00. The highest BCUT2D eigenvalue weighted by atomic mass is 16.7. The summed E-state index contributed by atoms with van der Waals surface area (Å²) in [5.74, 6) is 0.576. The highest BCUT2D eigenvalue weighted by Gasteiger charge is 2.16. The Morgan fingerprint density at radius 3 is 2.20 bits per heavy atom. The first-order valence-corrected chi connectivity index (χ1v) is 5.60. The van der Waals surface area contributed by atoms with Crippen molar-refractivity contribution in [2.24, 2.45) is 0 Å². The van der Waals surface area contributed by atoms with E-state index in [-0.39, 0.29) is 6.29 Å². The average Bonchev–Trinajstić information content (AvgIpc) is 2.30. The van der Waals surface area contributed by atoms with E-state index < -0.39 is 0 Å². The smallest absolute Gasteiger partial charge is 0.183 e. The lowest BCUT2D eigenvalue weighted by molar-refractivity contribution is -0.183. The predicted molar refractivity (Wildman–Crippen MR) is 59.8 cm³/mol. The molecule has 0 N–H and O–H groups in total. The van der Waals surface area contributed by atoms with E-state index in [4.69, 9.17) is 9.47 Å². The van der Waals surface area contributed by atoms with Gasteiger partial charge in [-0.3, -0.25) is 0 Å². The second-order valence-corrected chi connectivity index (χ2v) is 4.25. The molecule has 0 atom stereocenters. The zero-order chi connectivity index (χ0) is 10.7. The molecule has 0 spiro atoms. The van der Waals surface area contributed by atoms with Crippen molar-refractivity contribution in [1.29, 1.82) is 0 Å². The largest absolute Gasteiger partial charge is 0.348 e. The second-order valence-electron chi connectivity index (χ2n) is 4.25. The molecule has 0 aromatic heterocycles. The third-order valence-electron chi connectivity index (χ3n) is 2.70. The van der Waals surface area contributed by atoms with Crippen LogP contribution in [0.2, 0.25) is 0 Å². The Kier molecular flexibility index (Phi) is 3.39. The van der Waals surface area contributed by atoms with E-state index >= 15 is 0 Å². The highest BCUT2D eigenvalue weighted by molar-refractivity contribution is 5.25. The number of hydrogen-bond donors (Lipinski definition) is 0. The van der Waals surface area contributed by atoms with Gasteiger partial charge in [-0.15, -0.1) is 0 Å². The van der Waals surface area contributed by atoms with Gasteiger partial charge in [0.15, 0.2) is 6.29 Å². The fraction of sp³-hybridized carbons (Fsp3) is 0.538. The summed E-state index contributed by atoms with van der Waals surface area (Å²) in [7, 11) is 0. The molecule has 1 heterocycles. The molecule has 0 unspecified atom stereocenters. The van der Waals surface area contributed by atoms with Crippen LogP contribution in [0.25, 0.3) is 0 Å². The van der Waals surface area contributed by atoms with Gasteiger partial charge in [0.05, 0.1) is 13.2 Å². The molecule has 1 aliphatic heterocycles. The Bertz CT molecular complexity index is 297. The topological polar surface area (TPSA) is 18.5 Å². The van der Waals surface area contributed by atoms with Crippen LogP contribution in [0.15, 0.2) is 24.3 Å². The van der Waals surface area contributed by atoms with Gasteiger partial charge in [-0.1, -0.05) is 38.1 Å². The number of rotatable bonds is 2. The maximum Gasteiger partial charge on any atom is 0.183 e. The van der Waals surface area contributed by atoms with Gasteiger partial charge in [-0.2, -0.15) is 0 Å². The molecule has 0 saturated carbocycles. The van der Waals surface area contributed by atoms with E-state index in [2.05, 4.69) is 38.1 Å². The lowest BCUT2D eigenvalue weighted by Crippen LogP contribution is -2.17. The van der Waals surface area contributed by atoms with Crippen LogP contribution >= 0.6 is 0 Å². The van der Waals surface area contributed by atoms with Gasteiger partial charge < -0.3 is 9.47 Å². The lowest BCUT2D eigenvalue weighted by Gasteiger charge is -2.23. The normalized spacial score (nSPS) is 18.3. The summed E-state index contributed by atoms with van der Waals surface area (Å²) in [5, 5.41) is 0. The molecule has 1 aliphatic rings.